The van der Waals surface area contributed by atoms with Gasteiger partial charge in [-0.05, 0) is 55.7 Å². The van der Waals surface area contributed by atoms with Gasteiger partial charge in [-0.25, -0.2) is 0 Å². The van der Waals surface area contributed by atoms with Gasteiger partial charge in [-0.2, -0.15) is 0 Å². The highest BCUT2D eigenvalue weighted by Gasteiger charge is 2.36. The molecule has 3 aromatic rings. The molecule has 1 aromatic heterocycles. The predicted octanol–water partition coefficient (Wildman–Crippen LogP) is 4.15. The van der Waals surface area contributed by atoms with Gasteiger partial charge < -0.3 is 19.4 Å². The Morgan fingerprint density at radius 1 is 1.00 bits per heavy atom. The number of ether oxygens (including phenoxy) is 1. The summed E-state index contributed by atoms with van der Waals surface area (Å²) in [5.74, 6) is 1.35. The number of rotatable bonds is 7. The van der Waals surface area contributed by atoms with Crippen LogP contribution in [-0.4, -0.2) is 77.7 Å². The molecule has 5 rings (SSSR count). The van der Waals surface area contributed by atoms with Crippen molar-refractivity contribution in [3.63, 3.8) is 0 Å². The van der Waals surface area contributed by atoms with Crippen molar-refractivity contribution in [1.82, 2.24) is 20.0 Å². The molecule has 2 amide bonds. The molecule has 0 N–H and O–H groups in total. The first kappa shape index (κ1) is 25.0. The molecule has 0 spiro atoms. The Hall–Kier alpha value is -3.65. The Balaban J connectivity index is 1.21. The zero-order valence-corrected chi connectivity index (χ0v) is 21.6. The molecule has 192 valence electrons. The molecule has 0 bridgehead atoms. The Morgan fingerprint density at radius 2 is 1.84 bits per heavy atom. The lowest BCUT2D eigenvalue weighted by atomic mass is 10.1. The van der Waals surface area contributed by atoms with Crippen LogP contribution in [0.3, 0.4) is 0 Å². The minimum Gasteiger partial charge on any atom is -0.497 e. The van der Waals surface area contributed by atoms with Crippen LogP contribution in [0.5, 0.6) is 5.75 Å². The molecular weight excluding hydrogens is 490 g/mol. The minimum absolute atomic E-state index is 0.0337. The summed E-state index contributed by atoms with van der Waals surface area (Å²) in [7, 11) is 1.64. The first-order valence-electron chi connectivity index (χ1n) is 12.6. The number of amides is 2. The average Bonchev–Trinajstić information content (AvgIpc) is 3.79. The van der Waals surface area contributed by atoms with Crippen molar-refractivity contribution in [2.45, 2.75) is 25.3 Å². The number of carbonyl (C=O) groups excluding carboxylic acids is 2. The molecule has 8 nitrogen and oxygen atoms in total. The van der Waals surface area contributed by atoms with Crippen LogP contribution in [0.15, 0.2) is 60.7 Å². The second-order valence-corrected chi connectivity index (χ2v) is 9.78. The standard InChI is InChI=1S/C28H30ClN5O3/c1-37-22-7-4-6-20(18-22)25-12-13-26(31-30-25)32-14-5-15-33(17-16-32)27(35)19-34(21-10-11-21)28(36)23-8-2-3-9-24(23)29/h2-4,6-9,12-13,18,21H,5,10-11,14-17,19H2,1H3. The van der Waals surface area contributed by atoms with E-state index in [4.69, 9.17) is 16.3 Å². The molecule has 1 saturated carbocycles. The fraction of sp³-hybridized carbons (Fsp3) is 0.357. The van der Waals surface area contributed by atoms with Crippen LogP contribution in [0.1, 0.15) is 29.6 Å². The molecule has 0 radical (unpaired) electrons. The Labute approximate surface area is 221 Å². The first-order chi connectivity index (χ1) is 18.0. The molecule has 37 heavy (non-hydrogen) atoms. The van der Waals surface area contributed by atoms with Crippen molar-refractivity contribution in [2.24, 2.45) is 0 Å². The summed E-state index contributed by atoms with van der Waals surface area (Å²) in [6, 6.07) is 18.8. The monoisotopic (exact) mass is 519 g/mol. The number of carbonyl (C=O) groups is 2. The predicted molar refractivity (Wildman–Crippen MR) is 143 cm³/mol. The van der Waals surface area contributed by atoms with Gasteiger partial charge in [0.15, 0.2) is 5.82 Å². The molecule has 2 fully saturated rings. The summed E-state index contributed by atoms with van der Waals surface area (Å²) in [6.45, 7) is 2.72. The quantitative estimate of drug-likeness (QED) is 0.466. The van der Waals surface area contributed by atoms with Crippen LogP contribution in [0.25, 0.3) is 11.3 Å². The molecule has 0 unspecified atom stereocenters. The first-order valence-corrected chi connectivity index (χ1v) is 13.0. The molecule has 0 atom stereocenters. The number of hydrogen-bond donors (Lipinski definition) is 0. The third kappa shape index (κ3) is 5.85. The van der Waals surface area contributed by atoms with Crippen LogP contribution in [0.4, 0.5) is 5.82 Å². The summed E-state index contributed by atoms with van der Waals surface area (Å²) in [5.41, 5.74) is 2.16. The molecule has 2 aliphatic rings. The van der Waals surface area contributed by atoms with Crippen molar-refractivity contribution >= 4 is 29.2 Å². The SMILES string of the molecule is COc1cccc(-c2ccc(N3CCCN(C(=O)CN(C(=O)c4ccccc4Cl)C4CC4)CC3)nn2)c1. The zero-order valence-electron chi connectivity index (χ0n) is 20.8. The fourth-order valence-corrected chi connectivity index (χ4v) is 4.83. The van der Waals surface area contributed by atoms with Gasteiger partial charge in [0.05, 0.1) is 23.4 Å². The van der Waals surface area contributed by atoms with Crippen LogP contribution in [0.2, 0.25) is 5.02 Å². The van der Waals surface area contributed by atoms with E-state index < -0.39 is 0 Å². The average molecular weight is 520 g/mol. The number of nitrogens with zero attached hydrogens (tertiary/aromatic N) is 5. The maximum Gasteiger partial charge on any atom is 0.256 e. The van der Waals surface area contributed by atoms with Gasteiger partial charge in [0.25, 0.3) is 5.91 Å². The second kappa shape index (κ2) is 11.2. The third-order valence-electron chi connectivity index (χ3n) is 6.85. The summed E-state index contributed by atoms with van der Waals surface area (Å²) in [5, 5.41) is 9.29. The maximum absolute atomic E-state index is 13.3. The van der Waals surface area contributed by atoms with Crippen LogP contribution in [0, 0.1) is 0 Å². The number of hydrogen-bond acceptors (Lipinski definition) is 6. The highest BCUT2D eigenvalue weighted by atomic mass is 35.5. The van der Waals surface area contributed by atoms with Crippen LogP contribution >= 0.6 is 11.6 Å². The van der Waals surface area contributed by atoms with Crippen LogP contribution in [-0.2, 0) is 4.79 Å². The zero-order chi connectivity index (χ0) is 25.8. The number of aromatic nitrogens is 2. The Morgan fingerprint density at radius 3 is 2.57 bits per heavy atom. The summed E-state index contributed by atoms with van der Waals surface area (Å²) in [4.78, 5) is 32.1. The smallest absolute Gasteiger partial charge is 0.256 e. The highest BCUT2D eigenvalue weighted by Crippen LogP contribution is 2.30. The molecule has 2 aromatic carbocycles. The number of anilines is 1. The van der Waals surface area contributed by atoms with Gasteiger partial charge in [0.1, 0.15) is 12.3 Å². The normalized spacial score (nSPS) is 15.7. The largest absolute Gasteiger partial charge is 0.497 e. The second-order valence-electron chi connectivity index (χ2n) is 9.37. The summed E-state index contributed by atoms with van der Waals surface area (Å²) in [6.07, 6.45) is 2.65. The third-order valence-corrected chi connectivity index (χ3v) is 7.18. The minimum atomic E-state index is -0.177. The molecule has 1 aliphatic heterocycles. The van der Waals surface area contributed by atoms with E-state index in [2.05, 4.69) is 15.1 Å². The van der Waals surface area contributed by atoms with Gasteiger partial charge in [0.2, 0.25) is 5.91 Å². The van der Waals surface area contributed by atoms with E-state index >= 15 is 0 Å². The lowest BCUT2D eigenvalue weighted by molar-refractivity contribution is -0.131. The van der Waals surface area contributed by atoms with E-state index in [1.165, 1.54) is 0 Å². The van der Waals surface area contributed by atoms with Crippen molar-refractivity contribution < 1.29 is 14.3 Å². The number of benzene rings is 2. The lowest BCUT2D eigenvalue weighted by Gasteiger charge is -2.27. The molecule has 9 heteroatoms. The Kier molecular flexibility index (Phi) is 7.55. The summed E-state index contributed by atoms with van der Waals surface area (Å²) < 4.78 is 5.30. The van der Waals surface area contributed by atoms with Gasteiger partial charge in [-0.1, -0.05) is 35.9 Å². The molecule has 1 aliphatic carbocycles. The molecular formula is C28H30ClN5O3. The Bertz CT molecular complexity index is 1260. The van der Waals surface area contributed by atoms with E-state index in [0.717, 1.165) is 48.6 Å². The van der Waals surface area contributed by atoms with E-state index in [1.54, 1.807) is 36.3 Å². The van der Waals surface area contributed by atoms with Crippen molar-refractivity contribution in [2.75, 3.05) is 44.7 Å². The fourth-order valence-electron chi connectivity index (χ4n) is 4.61. The van der Waals surface area contributed by atoms with Crippen molar-refractivity contribution in [3.05, 3.63) is 71.2 Å². The van der Waals surface area contributed by atoms with Gasteiger partial charge in [-0.15, -0.1) is 10.2 Å². The van der Waals surface area contributed by atoms with E-state index in [0.29, 0.717) is 30.2 Å². The highest BCUT2D eigenvalue weighted by molar-refractivity contribution is 6.33. The lowest BCUT2D eigenvalue weighted by Crippen LogP contribution is -2.45. The molecule has 1 saturated heterocycles. The summed E-state index contributed by atoms with van der Waals surface area (Å²) >= 11 is 6.26. The number of methoxy groups -OCH3 is 1. The van der Waals surface area contributed by atoms with Crippen molar-refractivity contribution in [1.29, 1.82) is 0 Å². The van der Waals surface area contributed by atoms with E-state index in [-0.39, 0.29) is 24.4 Å². The number of halogens is 1. The van der Waals surface area contributed by atoms with E-state index in [9.17, 15) is 9.59 Å². The van der Waals surface area contributed by atoms with Gasteiger partial charge in [0, 0.05) is 37.8 Å². The van der Waals surface area contributed by atoms with Gasteiger partial charge >= 0.3 is 0 Å². The van der Waals surface area contributed by atoms with Crippen LogP contribution < -0.4 is 9.64 Å². The topological polar surface area (TPSA) is 78.9 Å². The molecule has 2 heterocycles. The van der Waals surface area contributed by atoms with Gasteiger partial charge in [-0.3, -0.25) is 9.59 Å². The van der Waals surface area contributed by atoms with E-state index in [1.807, 2.05) is 41.3 Å². The van der Waals surface area contributed by atoms with Crippen molar-refractivity contribution in [3.8, 4) is 17.0 Å². The maximum atomic E-state index is 13.3.